The minimum atomic E-state index is 0.137. The lowest BCUT2D eigenvalue weighted by molar-refractivity contribution is -0.134. The summed E-state index contributed by atoms with van der Waals surface area (Å²) in [6.07, 6.45) is 2.78. The van der Waals surface area contributed by atoms with Crippen molar-refractivity contribution < 1.29 is 4.79 Å². The predicted octanol–water partition coefficient (Wildman–Crippen LogP) is 2.55. The number of hydrogen-bond acceptors (Lipinski definition) is 4. The SMILES string of the molecule is Cc1cc(Br)cnc1N1CCC(C(=O)N2CCSCC2)C1. The summed E-state index contributed by atoms with van der Waals surface area (Å²) in [5, 5.41) is 0. The quantitative estimate of drug-likeness (QED) is 0.802. The molecule has 2 aliphatic rings. The fourth-order valence-corrected chi connectivity index (χ4v) is 4.41. The van der Waals surface area contributed by atoms with Crippen molar-refractivity contribution in [3.05, 3.63) is 22.3 Å². The van der Waals surface area contributed by atoms with Crippen molar-refractivity contribution in [1.82, 2.24) is 9.88 Å². The van der Waals surface area contributed by atoms with Crippen LogP contribution < -0.4 is 4.90 Å². The average molecular weight is 370 g/mol. The number of thioether (sulfide) groups is 1. The number of aromatic nitrogens is 1. The van der Waals surface area contributed by atoms with Crippen LogP contribution in [0.2, 0.25) is 0 Å². The molecule has 114 valence electrons. The maximum atomic E-state index is 12.6. The van der Waals surface area contributed by atoms with Gasteiger partial charge in [0.05, 0.1) is 5.92 Å². The lowest BCUT2D eigenvalue weighted by atomic mass is 10.1. The first kappa shape index (κ1) is 15.2. The Hall–Kier alpha value is -0.750. The highest BCUT2D eigenvalue weighted by Crippen LogP contribution is 2.28. The van der Waals surface area contributed by atoms with Gasteiger partial charge in [-0.1, -0.05) is 0 Å². The van der Waals surface area contributed by atoms with Gasteiger partial charge in [0, 0.05) is 48.4 Å². The number of nitrogens with zero attached hydrogens (tertiary/aromatic N) is 3. The molecule has 1 amide bonds. The fourth-order valence-electron chi connectivity index (χ4n) is 3.06. The number of carbonyl (C=O) groups excluding carboxylic acids is 1. The van der Waals surface area contributed by atoms with Crippen LogP contribution in [0.25, 0.3) is 0 Å². The highest BCUT2D eigenvalue weighted by Gasteiger charge is 2.32. The minimum absolute atomic E-state index is 0.137. The first-order valence-corrected chi connectivity index (χ1v) is 9.33. The van der Waals surface area contributed by atoms with E-state index in [9.17, 15) is 4.79 Å². The van der Waals surface area contributed by atoms with E-state index in [1.807, 2.05) is 22.9 Å². The highest BCUT2D eigenvalue weighted by atomic mass is 79.9. The number of amides is 1. The molecule has 2 fully saturated rings. The van der Waals surface area contributed by atoms with Crippen LogP contribution >= 0.6 is 27.7 Å². The monoisotopic (exact) mass is 369 g/mol. The van der Waals surface area contributed by atoms with Crippen LogP contribution in [0.5, 0.6) is 0 Å². The zero-order chi connectivity index (χ0) is 14.8. The van der Waals surface area contributed by atoms with Gasteiger partial charge in [-0.3, -0.25) is 4.79 Å². The topological polar surface area (TPSA) is 36.4 Å². The second kappa shape index (κ2) is 6.57. The Balaban J connectivity index is 1.66. The van der Waals surface area contributed by atoms with Crippen LogP contribution in [0.4, 0.5) is 5.82 Å². The second-order valence-corrected chi connectivity index (χ2v) is 7.80. The number of hydrogen-bond donors (Lipinski definition) is 0. The van der Waals surface area contributed by atoms with E-state index < -0.39 is 0 Å². The van der Waals surface area contributed by atoms with Gasteiger partial charge in [0.2, 0.25) is 5.91 Å². The lowest BCUT2D eigenvalue weighted by Gasteiger charge is -2.29. The van der Waals surface area contributed by atoms with Crippen LogP contribution in [-0.2, 0) is 4.79 Å². The molecular formula is C15H20BrN3OS. The molecule has 2 aliphatic heterocycles. The van der Waals surface area contributed by atoms with Crippen molar-refractivity contribution in [2.75, 3.05) is 42.6 Å². The van der Waals surface area contributed by atoms with Crippen LogP contribution in [0, 0.1) is 12.8 Å². The van der Waals surface area contributed by atoms with E-state index in [0.717, 1.165) is 60.0 Å². The van der Waals surface area contributed by atoms with Gasteiger partial charge >= 0.3 is 0 Å². The summed E-state index contributed by atoms with van der Waals surface area (Å²) in [5.41, 5.74) is 1.16. The van der Waals surface area contributed by atoms with Crippen LogP contribution in [-0.4, -0.2) is 53.5 Å². The summed E-state index contributed by atoms with van der Waals surface area (Å²) in [6, 6.07) is 2.08. The minimum Gasteiger partial charge on any atom is -0.356 e. The van der Waals surface area contributed by atoms with Crippen molar-refractivity contribution >= 4 is 39.4 Å². The van der Waals surface area contributed by atoms with Crippen LogP contribution in [0.1, 0.15) is 12.0 Å². The number of carbonyl (C=O) groups is 1. The van der Waals surface area contributed by atoms with Crippen molar-refractivity contribution in [3.63, 3.8) is 0 Å². The zero-order valence-electron chi connectivity index (χ0n) is 12.2. The third-order valence-corrected chi connectivity index (χ3v) is 5.55. The maximum absolute atomic E-state index is 12.6. The summed E-state index contributed by atoms with van der Waals surface area (Å²) in [6.45, 7) is 5.63. The highest BCUT2D eigenvalue weighted by molar-refractivity contribution is 9.10. The molecule has 3 rings (SSSR count). The van der Waals surface area contributed by atoms with Gasteiger partial charge in [-0.05, 0) is 40.9 Å². The number of pyridine rings is 1. The second-order valence-electron chi connectivity index (χ2n) is 5.66. The number of aryl methyl sites for hydroxylation is 1. The molecule has 4 nitrogen and oxygen atoms in total. The molecule has 21 heavy (non-hydrogen) atoms. The Morgan fingerprint density at radius 3 is 2.86 bits per heavy atom. The van der Waals surface area contributed by atoms with E-state index in [0.29, 0.717) is 5.91 Å². The largest absolute Gasteiger partial charge is 0.356 e. The van der Waals surface area contributed by atoms with Gasteiger partial charge in [-0.25, -0.2) is 4.98 Å². The van der Waals surface area contributed by atoms with Crippen molar-refractivity contribution in [2.24, 2.45) is 5.92 Å². The third kappa shape index (κ3) is 3.37. The molecule has 0 aromatic carbocycles. The third-order valence-electron chi connectivity index (χ3n) is 4.18. The van der Waals surface area contributed by atoms with Crippen LogP contribution in [0.3, 0.4) is 0 Å². The molecule has 0 bridgehead atoms. The summed E-state index contributed by atoms with van der Waals surface area (Å²) >= 11 is 5.39. The Kier molecular flexibility index (Phi) is 4.74. The summed E-state index contributed by atoms with van der Waals surface area (Å²) in [7, 11) is 0. The Morgan fingerprint density at radius 2 is 2.14 bits per heavy atom. The standard InChI is InChI=1S/C15H20BrN3OS/c1-11-8-13(16)9-17-14(11)19-3-2-12(10-19)15(20)18-4-6-21-7-5-18/h8-9,12H,2-7,10H2,1H3. The van der Waals surface area contributed by atoms with E-state index in [2.05, 4.69) is 38.8 Å². The van der Waals surface area contributed by atoms with E-state index in [1.54, 1.807) is 0 Å². The number of anilines is 1. The molecule has 1 aromatic rings. The average Bonchev–Trinajstić information content (AvgIpc) is 2.97. The number of rotatable bonds is 2. The smallest absolute Gasteiger partial charge is 0.227 e. The fraction of sp³-hybridized carbons (Fsp3) is 0.600. The van der Waals surface area contributed by atoms with Gasteiger partial charge < -0.3 is 9.80 Å². The van der Waals surface area contributed by atoms with Gasteiger partial charge in [-0.2, -0.15) is 11.8 Å². The van der Waals surface area contributed by atoms with E-state index in [4.69, 9.17) is 0 Å². The molecule has 2 saturated heterocycles. The molecule has 0 saturated carbocycles. The Bertz CT molecular complexity index is 534. The van der Waals surface area contributed by atoms with E-state index >= 15 is 0 Å². The first-order chi connectivity index (χ1) is 10.1. The molecule has 3 heterocycles. The maximum Gasteiger partial charge on any atom is 0.227 e. The summed E-state index contributed by atoms with van der Waals surface area (Å²) in [5.74, 6) is 3.65. The molecule has 0 N–H and O–H groups in total. The first-order valence-electron chi connectivity index (χ1n) is 7.39. The molecular weight excluding hydrogens is 350 g/mol. The lowest BCUT2D eigenvalue weighted by Crippen LogP contribution is -2.42. The van der Waals surface area contributed by atoms with Crippen LogP contribution in [0.15, 0.2) is 16.7 Å². The van der Waals surface area contributed by atoms with E-state index in [-0.39, 0.29) is 5.92 Å². The van der Waals surface area contributed by atoms with Gasteiger partial charge in [0.25, 0.3) is 0 Å². The van der Waals surface area contributed by atoms with E-state index in [1.165, 1.54) is 0 Å². The van der Waals surface area contributed by atoms with Crippen molar-refractivity contribution in [3.8, 4) is 0 Å². The molecule has 1 atom stereocenters. The molecule has 1 unspecified atom stereocenters. The molecule has 6 heteroatoms. The van der Waals surface area contributed by atoms with Gasteiger partial charge in [0.1, 0.15) is 5.82 Å². The molecule has 0 aliphatic carbocycles. The predicted molar refractivity (Wildman–Crippen MR) is 90.9 cm³/mol. The summed E-state index contributed by atoms with van der Waals surface area (Å²) < 4.78 is 1.00. The number of halogens is 1. The zero-order valence-corrected chi connectivity index (χ0v) is 14.6. The molecule has 0 radical (unpaired) electrons. The van der Waals surface area contributed by atoms with Gasteiger partial charge in [0.15, 0.2) is 0 Å². The Morgan fingerprint density at radius 1 is 1.38 bits per heavy atom. The molecule has 1 aromatic heterocycles. The van der Waals surface area contributed by atoms with Gasteiger partial charge in [-0.15, -0.1) is 0 Å². The Labute approximate surface area is 138 Å². The molecule has 0 spiro atoms. The van der Waals surface area contributed by atoms with Crippen molar-refractivity contribution in [2.45, 2.75) is 13.3 Å². The normalized spacial score (nSPS) is 22.7. The summed E-state index contributed by atoms with van der Waals surface area (Å²) in [4.78, 5) is 21.4. The van der Waals surface area contributed by atoms with Crippen molar-refractivity contribution in [1.29, 1.82) is 0 Å².